The van der Waals surface area contributed by atoms with Gasteiger partial charge in [-0.1, -0.05) is 27.7 Å². The predicted molar refractivity (Wildman–Crippen MR) is 90.0 cm³/mol. The molecule has 0 N–H and O–H groups in total. The van der Waals surface area contributed by atoms with E-state index < -0.39 is 24.1 Å². The van der Waals surface area contributed by atoms with Gasteiger partial charge in [-0.3, -0.25) is 9.59 Å². The van der Waals surface area contributed by atoms with Crippen molar-refractivity contribution >= 4 is 39.6 Å². The second-order valence-corrected chi connectivity index (χ2v) is 6.96. The standard InChI is InChI=1S/C16H17BrO5S/c1-10(18)20-9-15-14(21-11(2)19)7-8-16(22-15)23-13-5-3-12(17)4-6-13/h3-8,14-16H,9H2,1-2H3/t14-,15+,16+/m0/s1. The number of hydrogen-bond donors (Lipinski definition) is 0. The van der Waals surface area contributed by atoms with Gasteiger partial charge in [-0.2, -0.15) is 0 Å². The first-order chi connectivity index (χ1) is 10.9. The van der Waals surface area contributed by atoms with Crippen LogP contribution >= 0.6 is 27.7 Å². The van der Waals surface area contributed by atoms with Gasteiger partial charge >= 0.3 is 11.9 Å². The van der Waals surface area contributed by atoms with Crippen LogP contribution in [-0.2, 0) is 23.8 Å². The molecule has 0 spiro atoms. The molecule has 124 valence electrons. The monoisotopic (exact) mass is 400 g/mol. The number of carbonyl (C=O) groups is 2. The molecule has 0 saturated carbocycles. The zero-order valence-electron chi connectivity index (χ0n) is 12.7. The third-order valence-electron chi connectivity index (χ3n) is 2.95. The molecule has 1 aliphatic heterocycles. The topological polar surface area (TPSA) is 61.8 Å². The van der Waals surface area contributed by atoms with Crippen LogP contribution in [0.3, 0.4) is 0 Å². The van der Waals surface area contributed by atoms with Crippen molar-refractivity contribution in [3.05, 3.63) is 40.9 Å². The summed E-state index contributed by atoms with van der Waals surface area (Å²) in [5.41, 5.74) is -0.247. The van der Waals surface area contributed by atoms with Crippen LogP contribution < -0.4 is 0 Å². The first-order valence-corrected chi connectivity index (χ1v) is 8.68. The largest absolute Gasteiger partial charge is 0.463 e. The average Bonchev–Trinajstić information content (AvgIpc) is 2.49. The Morgan fingerprint density at radius 2 is 1.87 bits per heavy atom. The fourth-order valence-corrected chi connectivity index (χ4v) is 3.17. The molecule has 0 unspecified atom stereocenters. The van der Waals surface area contributed by atoms with E-state index >= 15 is 0 Å². The lowest BCUT2D eigenvalue weighted by Gasteiger charge is -2.31. The number of rotatable bonds is 5. The molecule has 23 heavy (non-hydrogen) atoms. The summed E-state index contributed by atoms with van der Waals surface area (Å²) in [7, 11) is 0. The van der Waals surface area contributed by atoms with E-state index in [2.05, 4.69) is 15.9 Å². The summed E-state index contributed by atoms with van der Waals surface area (Å²) in [6.45, 7) is 2.70. The van der Waals surface area contributed by atoms with Crippen LogP contribution in [0, 0.1) is 0 Å². The first-order valence-electron chi connectivity index (χ1n) is 7.00. The fraction of sp³-hybridized carbons (Fsp3) is 0.375. The molecule has 0 aliphatic carbocycles. The summed E-state index contributed by atoms with van der Waals surface area (Å²) >= 11 is 4.91. The van der Waals surface area contributed by atoms with Crippen LogP contribution in [0.1, 0.15) is 13.8 Å². The molecule has 0 bridgehead atoms. The van der Waals surface area contributed by atoms with E-state index in [0.29, 0.717) is 0 Å². The predicted octanol–water partition coefficient (Wildman–Crippen LogP) is 3.32. The van der Waals surface area contributed by atoms with Crippen LogP contribution in [0.4, 0.5) is 0 Å². The van der Waals surface area contributed by atoms with Gasteiger partial charge < -0.3 is 14.2 Å². The number of esters is 2. The van der Waals surface area contributed by atoms with Crippen molar-refractivity contribution in [2.75, 3.05) is 6.61 Å². The van der Waals surface area contributed by atoms with Crippen molar-refractivity contribution in [2.24, 2.45) is 0 Å². The summed E-state index contributed by atoms with van der Waals surface area (Å²) < 4.78 is 17.1. The lowest BCUT2D eigenvalue weighted by Crippen LogP contribution is -2.40. The van der Waals surface area contributed by atoms with Crippen LogP contribution in [0.5, 0.6) is 0 Å². The quantitative estimate of drug-likeness (QED) is 0.557. The van der Waals surface area contributed by atoms with Crippen molar-refractivity contribution in [3.8, 4) is 0 Å². The van der Waals surface area contributed by atoms with Crippen molar-refractivity contribution in [2.45, 2.75) is 36.4 Å². The molecule has 2 rings (SSSR count). The molecule has 0 aromatic heterocycles. The molecule has 7 heteroatoms. The summed E-state index contributed by atoms with van der Waals surface area (Å²) in [4.78, 5) is 23.2. The molecule has 0 radical (unpaired) electrons. The van der Waals surface area contributed by atoms with E-state index in [1.807, 2.05) is 30.3 Å². The molecule has 1 heterocycles. The number of halogens is 1. The summed E-state index contributed by atoms with van der Waals surface area (Å²) in [6, 6.07) is 7.86. The minimum absolute atomic E-state index is 0.0367. The minimum Gasteiger partial charge on any atom is -0.463 e. The Morgan fingerprint density at radius 3 is 2.48 bits per heavy atom. The average molecular weight is 401 g/mol. The van der Waals surface area contributed by atoms with Crippen LogP contribution in [0.15, 0.2) is 45.8 Å². The van der Waals surface area contributed by atoms with Crippen molar-refractivity contribution in [3.63, 3.8) is 0 Å². The Bertz CT molecular complexity index is 587. The number of hydrogen-bond acceptors (Lipinski definition) is 6. The maximum Gasteiger partial charge on any atom is 0.303 e. The van der Waals surface area contributed by atoms with E-state index in [0.717, 1.165) is 9.37 Å². The van der Waals surface area contributed by atoms with Gasteiger partial charge in [-0.25, -0.2) is 0 Å². The molecule has 0 fully saturated rings. The van der Waals surface area contributed by atoms with Gasteiger partial charge in [0.2, 0.25) is 0 Å². The van der Waals surface area contributed by atoms with Gasteiger partial charge in [0, 0.05) is 23.2 Å². The highest BCUT2D eigenvalue weighted by atomic mass is 79.9. The SMILES string of the molecule is CC(=O)OC[C@H]1O[C@H](Sc2ccc(Br)cc2)C=C[C@@H]1OC(C)=O. The van der Waals surface area contributed by atoms with Crippen LogP contribution in [-0.4, -0.2) is 36.2 Å². The van der Waals surface area contributed by atoms with Crippen molar-refractivity contribution < 1.29 is 23.8 Å². The Morgan fingerprint density at radius 1 is 1.17 bits per heavy atom. The van der Waals surface area contributed by atoms with Crippen LogP contribution in [0.25, 0.3) is 0 Å². The van der Waals surface area contributed by atoms with Crippen molar-refractivity contribution in [1.82, 2.24) is 0 Å². The Balaban J connectivity index is 2.03. The van der Waals surface area contributed by atoms with E-state index in [-0.39, 0.29) is 12.0 Å². The highest BCUT2D eigenvalue weighted by Crippen LogP contribution is 2.30. The second kappa shape index (κ2) is 8.52. The van der Waals surface area contributed by atoms with Crippen molar-refractivity contribution in [1.29, 1.82) is 0 Å². The first kappa shape index (κ1) is 18.0. The lowest BCUT2D eigenvalue weighted by atomic mass is 10.1. The zero-order valence-corrected chi connectivity index (χ0v) is 15.1. The normalized spacial score (nSPS) is 23.3. The summed E-state index contributed by atoms with van der Waals surface area (Å²) in [5.74, 6) is -0.808. The summed E-state index contributed by atoms with van der Waals surface area (Å²) in [5, 5.41) is 0. The summed E-state index contributed by atoms with van der Waals surface area (Å²) in [6.07, 6.45) is 2.52. The molecular weight excluding hydrogens is 384 g/mol. The Labute approximate surface area is 147 Å². The van der Waals surface area contributed by atoms with Crippen LogP contribution in [0.2, 0.25) is 0 Å². The maximum atomic E-state index is 11.2. The molecule has 3 atom stereocenters. The number of benzene rings is 1. The fourth-order valence-electron chi connectivity index (χ4n) is 1.97. The van der Waals surface area contributed by atoms with E-state index in [1.165, 1.54) is 25.6 Å². The highest BCUT2D eigenvalue weighted by molar-refractivity contribution is 9.10. The zero-order chi connectivity index (χ0) is 16.8. The Kier molecular flexibility index (Phi) is 6.68. The number of thioether (sulfide) groups is 1. The van der Waals surface area contributed by atoms with Gasteiger partial charge in [0.15, 0.2) is 0 Å². The number of ether oxygens (including phenoxy) is 3. The maximum absolute atomic E-state index is 11.2. The molecular formula is C16H17BrO5S. The van der Waals surface area contributed by atoms with E-state index in [9.17, 15) is 9.59 Å². The van der Waals surface area contributed by atoms with E-state index in [4.69, 9.17) is 14.2 Å². The minimum atomic E-state index is -0.561. The molecule has 1 aliphatic rings. The third-order valence-corrected chi connectivity index (χ3v) is 4.53. The van der Waals surface area contributed by atoms with Gasteiger partial charge in [0.1, 0.15) is 24.3 Å². The molecule has 1 aromatic carbocycles. The van der Waals surface area contributed by atoms with Gasteiger partial charge in [0.05, 0.1) is 0 Å². The molecule has 5 nitrogen and oxygen atoms in total. The third kappa shape index (κ3) is 6.01. The molecule has 0 amide bonds. The number of carbonyl (C=O) groups excluding carboxylic acids is 2. The van der Waals surface area contributed by atoms with Gasteiger partial charge in [-0.15, -0.1) is 0 Å². The Hall–Kier alpha value is -1.31. The van der Waals surface area contributed by atoms with Gasteiger partial charge in [-0.05, 0) is 36.4 Å². The van der Waals surface area contributed by atoms with Gasteiger partial charge in [0.25, 0.3) is 0 Å². The smallest absolute Gasteiger partial charge is 0.303 e. The lowest BCUT2D eigenvalue weighted by molar-refractivity contribution is -0.160. The molecule has 1 aromatic rings. The van der Waals surface area contributed by atoms with E-state index in [1.54, 1.807) is 6.08 Å². The second-order valence-electron chi connectivity index (χ2n) is 4.88. The molecule has 0 saturated heterocycles. The highest BCUT2D eigenvalue weighted by Gasteiger charge is 2.31.